The number of alkyl halides is 1. The van der Waals surface area contributed by atoms with E-state index in [0.717, 1.165) is 5.56 Å². The number of nitrogens with one attached hydrogen (secondary N) is 1. The molecule has 0 radical (unpaired) electrons. The zero-order chi connectivity index (χ0) is 16.3. The van der Waals surface area contributed by atoms with Crippen LogP contribution in [0.25, 0.3) is 5.70 Å². The molecule has 1 amide bonds. The minimum Gasteiger partial charge on any atom is -0.398 e. The zero-order valence-electron chi connectivity index (χ0n) is 12.3. The van der Waals surface area contributed by atoms with Gasteiger partial charge in [0, 0.05) is 23.2 Å². The van der Waals surface area contributed by atoms with E-state index < -0.39 is 12.1 Å². The van der Waals surface area contributed by atoms with Crippen LogP contribution in [0.3, 0.4) is 0 Å². The van der Waals surface area contributed by atoms with Gasteiger partial charge in [0.2, 0.25) is 5.91 Å². The second-order valence-electron chi connectivity index (χ2n) is 5.15. The molecule has 1 aliphatic carbocycles. The third-order valence-corrected chi connectivity index (χ3v) is 3.49. The molecule has 5 heteroatoms. The van der Waals surface area contributed by atoms with Gasteiger partial charge >= 0.3 is 0 Å². The summed E-state index contributed by atoms with van der Waals surface area (Å²) >= 11 is 0. The lowest BCUT2D eigenvalue weighted by molar-refractivity contribution is 0.1000. The second kappa shape index (κ2) is 6.39. The lowest BCUT2D eigenvalue weighted by Crippen LogP contribution is -2.16. The number of hydrogen-bond donors (Lipinski definition) is 3. The van der Waals surface area contributed by atoms with Gasteiger partial charge in [-0.3, -0.25) is 4.79 Å². The number of benzene rings is 1. The van der Waals surface area contributed by atoms with Crippen LogP contribution in [0.2, 0.25) is 0 Å². The smallest absolute Gasteiger partial charge is 0.249 e. The van der Waals surface area contributed by atoms with E-state index in [1.54, 1.807) is 24.3 Å². The highest BCUT2D eigenvalue weighted by molar-refractivity contribution is 6.12. The predicted molar refractivity (Wildman–Crippen MR) is 86.3 cm³/mol. The first-order valence-electron chi connectivity index (χ1n) is 6.88. The third-order valence-electron chi connectivity index (χ3n) is 3.49. The number of carbonyl (C=O) groups excluding carboxylic acids is 1. The Hall–Kier alpha value is -2.69. The second-order valence-corrected chi connectivity index (χ2v) is 5.15. The molecule has 0 saturated carbocycles. The van der Waals surface area contributed by atoms with E-state index in [1.165, 1.54) is 12.2 Å². The summed E-state index contributed by atoms with van der Waals surface area (Å²) in [5, 5.41) is 8.06. The largest absolute Gasteiger partial charge is 0.398 e. The predicted octanol–water partition coefficient (Wildman–Crippen LogP) is 2.64. The first kappa shape index (κ1) is 15.7. The molecule has 0 heterocycles. The molecule has 1 aromatic carbocycles. The molecule has 0 spiro atoms. The van der Waals surface area contributed by atoms with Crippen molar-refractivity contribution in [3.8, 4) is 0 Å². The number of hydrogen-bond acceptors (Lipinski definition) is 3. The third kappa shape index (κ3) is 3.31. The van der Waals surface area contributed by atoms with E-state index in [0.29, 0.717) is 16.7 Å². The van der Waals surface area contributed by atoms with Crippen LogP contribution in [0.4, 0.5) is 4.39 Å². The average molecular weight is 299 g/mol. The molecule has 1 aromatic rings. The maximum absolute atomic E-state index is 13.0. The highest BCUT2D eigenvalue weighted by atomic mass is 19.1. The molecule has 1 atom stereocenters. The lowest BCUT2D eigenvalue weighted by Gasteiger charge is -2.12. The van der Waals surface area contributed by atoms with Gasteiger partial charge in [0.15, 0.2) is 0 Å². The van der Waals surface area contributed by atoms with E-state index in [4.69, 9.17) is 16.9 Å². The molecule has 22 heavy (non-hydrogen) atoms. The Morgan fingerprint density at radius 1 is 1.41 bits per heavy atom. The Bertz CT molecular complexity index is 717. The molecule has 5 N–H and O–H groups in total. The average Bonchev–Trinajstić information content (AvgIpc) is 2.47. The van der Waals surface area contributed by atoms with Crippen LogP contribution in [0, 0.1) is 12.3 Å². The Balaban J connectivity index is 2.36. The van der Waals surface area contributed by atoms with Crippen LogP contribution in [0.5, 0.6) is 0 Å². The monoisotopic (exact) mass is 299 g/mol. The number of aryl methyl sites for hydroxylation is 1. The van der Waals surface area contributed by atoms with E-state index >= 15 is 0 Å². The topological polar surface area (TPSA) is 93.0 Å². The summed E-state index contributed by atoms with van der Waals surface area (Å²) in [6.45, 7) is 1.82. The van der Waals surface area contributed by atoms with E-state index in [1.807, 2.05) is 13.0 Å². The Morgan fingerprint density at radius 2 is 2.14 bits per heavy atom. The molecule has 0 bridgehead atoms. The maximum atomic E-state index is 13.0. The molecule has 0 aliphatic heterocycles. The van der Waals surface area contributed by atoms with Crippen LogP contribution < -0.4 is 11.5 Å². The van der Waals surface area contributed by atoms with E-state index in [2.05, 4.69) is 0 Å². The molecule has 2 rings (SSSR count). The standard InChI is InChI=1S/C17H18FN3O/c1-10-3-2-4-13(17(21)22)16(10)15(20)9-14(19)11-5-7-12(18)8-6-11/h2-7,9,12,19H,8,20H2,1H3,(H2,21,22). The maximum Gasteiger partial charge on any atom is 0.249 e. The van der Waals surface area contributed by atoms with Crippen molar-refractivity contribution < 1.29 is 9.18 Å². The van der Waals surface area contributed by atoms with Crippen LogP contribution in [-0.4, -0.2) is 17.8 Å². The fraction of sp³-hybridized carbons (Fsp3) is 0.176. The SMILES string of the molecule is Cc1cccc(C(N)=O)c1C(N)=CC(=N)C1=CCC(F)C=C1. The quantitative estimate of drug-likeness (QED) is 0.746. The van der Waals surface area contributed by atoms with Crippen molar-refractivity contribution in [3.63, 3.8) is 0 Å². The first-order valence-corrected chi connectivity index (χ1v) is 6.88. The summed E-state index contributed by atoms with van der Waals surface area (Å²) in [4.78, 5) is 11.5. The number of primary amides is 1. The summed E-state index contributed by atoms with van der Waals surface area (Å²) in [5.74, 6) is -0.571. The van der Waals surface area contributed by atoms with Gasteiger partial charge in [-0.25, -0.2) is 4.39 Å². The number of amides is 1. The first-order chi connectivity index (χ1) is 10.4. The molecule has 114 valence electrons. The van der Waals surface area contributed by atoms with Crippen molar-refractivity contribution >= 4 is 17.3 Å². The minimum atomic E-state index is -1.00. The van der Waals surface area contributed by atoms with Gasteiger partial charge in [-0.2, -0.15) is 0 Å². The lowest BCUT2D eigenvalue weighted by atomic mass is 9.96. The summed E-state index contributed by atoms with van der Waals surface area (Å²) in [6, 6.07) is 5.15. The van der Waals surface area contributed by atoms with Gasteiger partial charge in [-0.05, 0) is 36.3 Å². The summed E-state index contributed by atoms with van der Waals surface area (Å²) in [5.41, 5.74) is 14.1. The number of rotatable bonds is 4. The van der Waals surface area contributed by atoms with Crippen molar-refractivity contribution in [1.82, 2.24) is 0 Å². The van der Waals surface area contributed by atoms with Crippen molar-refractivity contribution in [2.75, 3.05) is 0 Å². The van der Waals surface area contributed by atoms with Gasteiger partial charge in [-0.1, -0.05) is 24.3 Å². The molecular formula is C17H18FN3O. The van der Waals surface area contributed by atoms with E-state index in [9.17, 15) is 9.18 Å². The van der Waals surface area contributed by atoms with Crippen molar-refractivity contribution in [2.45, 2.75) is 19.5 Å². The van der Waals surface area contributed by atoms with Gasteiger partial charge in [0.05, 0.1) is 5.71 Å². The number of allylic oxidation sites excluding steroid dienone is 5. The summed E-state index contributed by atoms with van der Waals surface area (Å²) in [6.07, 6.45) is 5.34. The van der Waals surface area contributed by atoms with Gasteiger partial charge in [0.1, 0.15) is 6.17 Å². The highest BCUT2D eigenvalue weighted by Gasteiger charge is 2.14. The van der Waals surface area contributed by atoms with Crippen LogP contribution in [-0.2, 0) is 0 Å². The highest BCUT2D eigenvalue weighted by Crippen LogP contribution is 2.21. The summed E-state index contributed by atoms with van der Waals surface area (Å²) in [7, 11) is 0. The van der Waals surface area contributed by atoms with Gasteiger partial charge < -0.3 is 16.9 Å². The van der Waals surface area contributed by atoms with Crippen LogP contribution >= 0.6 is 0 Å². The molecule has 1 aliphatic rings. The number of halogens is 1. The minimum absolute atomic E-state index is 0.166. The van der Waals surface area contributed by atoms with Crippen molar-refractivity contribution in [2.24, 2.45) is 11.5 Å². The Morgan fingerprint density at radius 3 is 2.73 bits per heavy atom. The zero-order valence-corrected chi connectivity index (χ0v) is 12.3. The molecule has 1 unspecified atom stereocenters. The van der Waals surface area contributed by atoms with Gasteiger partial charge in [-0.15, -0.1) is 0 Å². The van der Waals surface area contributed by atoms with Crippen molar-refractivity contribution in [1.29, 1.82) is 5.41 Å². The summed E-state index contributed by atoms with van der Waals surface area (Å²) < 4.78 is 13.0. The van der Waals surface area contributed by atoms with Crippen LogP contribution in [0.1, 0.15) is 27.9 Å². The normalized spacial score (nSPS) is 18.0. The van der Waals surface area contributed by atoms with E-state index in [-0.39, 0.29) is 17.8 Å². The van der Waals surface area contributed by atoms with Crippen molar-refractivity contribution in [3.05, 3.63) is 64.8 Å². The Labute approximate surface area is 128 Å². The van der Waals surface area contributed by atoms with Gasteiger partial charge in [0.25, 0.3) is 0 Å². The van der Waals surface area contributed by atoms with Crippen LogP contribution in [0.15, 0.2) is 48.1 Å². The number of carbonyl (C=O) groups is 1. The molecule has 0 aromatic heterocycles. The molecule has 0 fully saturated rings. The molecule has 4 nitrogen and oxygen atoms in total. The Kier molecular flexibility index (Phi) is 4.56. The fourth-order valence-electron chi connectivity index (χ4n) is 2.36. The fourth-order valence-corrected chi connectivity index (χ4v) is 2.36. The molecular weight excluding hydrogens is 281 g/mol. The number of nitrogens with two attached hydrogens (primary N) is 2. The molecule has 0 saturated heterocycles.